The molecule has 3 rings (SSSR count). The Labute approximate surface area is 163 Å². The van der Waals surface area contributed by atoms with Gasteiger partial charge in [0.2, 0.25) is 0 Å². The van der Waals surface area contributed by atoms with E-state index in [0.717, 1.165) is 64.9 Å². The van der Waals surface area contributed by atoms with Crippen LogP contribution >= 0.6 is 0 Å². The number of rotatable bonds is 5. The fourth-order valence-electron chi connectivity index (χ4n) is 3.57. The van der Waals surface area contributed by atoms with E-state index in [1.807, 2.05) is 7.05 Å². The van der Waals surface area contributed by atoms with Gasteiger partial charge < -0.3 is 19.9 Å². The quantitative estimate of drug-likeness (QED) is 0.623. The minimum Gasteiger partial charge on any atom is -0.374 e. The molecule has 0 aromatic heterocycles. The molecule has 2 fully saturated rings. The van der Waals surface area contributed by atoms with Gasteiger partial charge in [-0.2, -0.15) is 0 Å². The molecule has 0 bridgehead atoms. The van der Waals surface area contributed by atoms with E-state index in [1.54, 1.807) is 0 Å². The first kappa shape index (κ1) is 19.9. The van der Waals surface area contributed by atoms with Crippen LogP contribution in [0.4, 0.5) is 0 Å². The topological polar surface area (TPSA) is 43.3 Å². The van der Waals surface area contributed by atoms with Crippen LogP contribution in [0.5, 0.6) is 0 Å². The minimum absolute atomic E-state index is 0.241. The monoisotopic (exact) mass is 371 g/mol. The normalized spacial score (nSPS) is 23.1. The van der Waals surface area contributed by atoms with Crippen molar-refractivity contribution in [3.05, 3.63) is 42.0 Å². The molecule has 1 N–H and O–H groups in total. The first-order chi connectivity index (χ1) is 13.2. The Kier molecular flexibility index (Phi) is 7.68. The van der Waals surface area contributed by atoms with Crippen LogP contribution in [0.15, 0.2) is 41.4 Å². The van der Waals surface area contributed by atoms with Crippen molar-refractivity contribution in [1.29, 1.82) is 0 Å². The van der Waals surface area contributed by atoms with E-state index in [-0.39, 0.29) is 6.10 Å². The summed E-state index contributed by atoms with van der Waals surface area (Å²) in [7, 11) is 4.01. The number of hydrogen-bond donors (Lipinski definition) is 1. The number of guanidine groups is 1. The molecule has 0 amide bonds. The predicted molar refractivity (Wildman–Crippen MR) is 112 cm³/mol. The first-order valence-electron chi connectivity index (χ1n) is 9.94. The van der Waals surface area contributed by atoms with E-state index in [0.29, 0.717) is 0 Å². The van der Waals surface area contributed by atoms with Crippen LogP contribution in [0.3, 0.4) is 0 Å². The Morgan fingerprint density at radius 2 is 1.96 bits per heavy atom. The summed E-state index contributed by atoms with van der Waals surface area (Å²) in [5.74, 6) is 0.992. The van der Waals surface area contributed by atoms with Crippen molar-refractivity contribution in [2.75, 3.05) is 73.1 Å². The van der Waals surface area contributed by atoms with Gasteiger partial charge in [-0.1, -0.05) is 42.5 Å². The van der Waals surface area contributed by atoms with E-state index in [9.17, 15) is 0 Å². The van der Waals surface area contributed by atoms with Crippen molar-refractivity contribution in [3.63, 3.8) is 0 Å². The summed E-state index contributed by atoms with van der Waals surface area (Å²) in [5, 5.41) is 3.50. The number of aliphatic imine (C=N–C) groups is 1. The van der Waals surface area contributed by atoms with E-state index in [4.69, 9.17) is 4.74 Å². The molecular weight excluding hydrogens is 338 g/mol. The van der Waals surface area contributed by atoms with Crippen LogP contribution < -0.4 is 5.32 Å². The molecule has 0 saturated carbocycles. The number of nitrogens with zero attached hydrogens (tertiary/aromatic N) is 4. The molecule has 0 spiro atoms. The van der Waals surface area contributed by atoms with Crippen molar-refractivity contribution in [3.8, 4) is 0 Å². The lowest BCUT2D eigenvalue weighted by Crippen LogP contribution is -2.54. The fourth-order valence-corrected chi connectivity index (χ4v) is 3.57. The molecule has 2 heterocycles. The van der Waals surface area contributed by atoms with Crippen LogP contribution in [0, 0.1) is 0 Å². The Hall–Kier alpha value is -1.89. The molecule has 27 heavy (non-hydrogen) atoms. The lowest BCUT2D eigenvalue weighted by atomic mass is 10.2. The fraction of sp³-hybridized carbons (Fsp3) is 0.571. The molecule has 1 atom stereocenters. The highest BCUT2D eigenvalue weighted by Gasteiger charge is 2.21. The lowest BCUT2D eigenvalue weighted by molar-refractivity contribution is -0.0164. The number of benzene rings is 1. The number of piperazine rings is 1. The molecule has 0 radical (unpaired) electrons. The molecule has 6 heteroatoms. The van der Waals surface area contributed by atoms with Gasteiger partial charge in [0, 0.05) is 59.4 Å². The zero-order valence-corrected chi connectivity index (χ0v) is 16.7. The molecule has 148 valence electrons. The summed E-state index contributed by atoms with van der Waals surface area (Å²) in [4.78, 5) is 11.6. The largest absolute Gasteiger partial charge is 0.374 e. The summed E-state index contributed by atoms with van der Waals surface area (Å²) < 4.78 is 5.83. The Bertz CT molecular complexity index is 610. The zero-order valence-electron chi connectivity index (χ0n) is 16.7. The van der Waals surface area contributed by atoms with Crippen LogP contribution in [-0.2, 0) is 4.74 Å². The second kappa shape index (κ2) is 10.4. The van der Waals surface area contributed by atoms with Crippen molar-refractivity contribution >= 4 is 12.0 Å². The van der Waals surface area contributed by atoms with Crippen LogP contribution in [0.25, 0.3) is 6.08 Å². The molecule has 0 aliphatic carbocycles. The molecule has 2 aliphatic heterocycles. The maximum atomic E-state index is 5.83. The standard InChI is InChI=1S/C21H33N5O/c1-22-21(23-17-20-18-24(2)15-16-27-20)26-13-11-25(12-14-26)10-6-9-19-7-4-3-5-8-19/h3-9,20H,10-18H2,1-2H3,(H,22,23)/b9-6+. The highest BCUT2D eigenvalue weighted by atomic mass is 16.5. The summed E-state index contributed by atoms with van der Waals surface area (Å²) in [6.45, 7) is 8.75. The summed E-state index contributed by atoms with van der Waals surface area (Å²) in [6, 6.07) is 10.5. The summed E-state index contributed by atoms with van der Waals surface area (Å²) in [5.41, 5.74) is 1.26. The van der Waals surface area contributed by atoms with Gasteiger partial charge >= 0.3 is 0 Å². The second-order valence-electron chi connectivity index (χ2n) is 7.28. The summed E-state index contributed by atoms with van der Waals surface area (Å²) >= 11 is 0. The van der Waals surface area contributed by atoms with Gasteiger partial charge in [0.15, 0.2) is 5.96 Å². The highest BCUT2D eigenvalue weighted by molar-refractivity contribution is 5.80. The number of ether oxygens (including phenoxy) is 1. The number of likely N-dealkylation sites (N-methyl/N-ethyl adjacent to an activating group) is 1. The number of morpholine rings is 1. The van der Waals surface area contributed by atoms with E-state index in [2.05, 4.69) is 74.5 Å². The Morgan fingerprint density at radius 3 is 2.67 bits per heavy atom. The van der Waals surface area contributed by atoms with Gasteiger partial charge in [-0.3, -0.25) is 9.89 Å². The highest BCUT2D eigenvalue weighted by Crippen LogP contribution is 2.06. The van der Waals surface area contributed by atoms with Crippen molar-refractivity contribution in [2.45, 2.75) is 6.10 Å². The smallest absolute Gasteiger partial charge is 0.193 e. The van der Waals surface area contributed by atoms with Crippen LogP contribution in [-0.4, -0.2) is 99.8 Å². The van der Waals surface area contributed by atoms with Gasteiger partial charge in [-0.15, -0.1) is 0 Å². The van der Waals surface area contributed by atoms with E-state index >= 15 is 0 Å². The third-order valence-corrected chi connectivity index (χ3v) is 5.19. The maximum Gasteiger partial charge on any atom is 0.193 e. The van der Waals surface area contributed by atoms with Crippen molar-refractivity contribution in [2.24, 2.45) is 4.99 Å². The molecule has 1 aromatic carbocycles. The second-order valence-corrected chi connectivity index (χ2v) is 7.28. The minimum atomic E-state index is 0.241. The van der Waals surface area contributed by atoms with Gasteiger partial charge in [0.25, 0.3) is 0 Å². The molecule has 1 aromatic rings. The average Bonchev–Trinajstić information content (AvgIpc) is 2.70. The molecular formula is C21H33N5O. The molecule has 2 saturated heterocycles. The molecule has 1 unspecified atom stereocenters. The summed E-state index contributed by atoms with van der Waals surface area (Å²) in [6.07, 6.45) is 4.70. The Balaban J connectivity index is 1.38. The van der Waals surface area contributed by atoms with E-state index < -0.39 is 0 Å². The van der Waals surface area contributed by atoms with Crippen LogP contribution in [0.2, 0.25) is 0 Å². The molecule has 6 nitrogen and oxygen atoms in total. The maximum absolute atomic E-state index is 5.83. The predicted octanol–water partition coefficient (Wildman–Crippen LogP) is 1.22. The lowest BCUT2D eigenvalue weighted by Gasteiger charge is -2.37. The third kappa shape index (κ3) is 6.34. The molecule has 2 aliphatic rings. The SMILES string of the molecule is CN=C(NCC1CN(C)CCO1)N1CCN(C/C=C/c2ccccc2)CC1. The number of hydrogen-bond acceptors (Lipinski definition) is 4. The van der Waals surface area contributed by atoms with Gasteiger partial charge in [0.1, 0.15) is 0 Å². The van der Waals surface area contributed by atoms with Crippen LogP contribution in [0.1, 0.15) is 5.56 Å². The Morgan fingerprint density at radius 1 is 1.19 bits per heavy atom. The van der Waals surface area contributed by atoms with Crippen molar-refractivity contribution in [1.82, 2.24) is 20.0 Å². The third-order valence-electron chi connectivity index (χ3n) is 5.19. The van der Waals surface area contributed by atoms with E-state index in [1.165, 1.54) is 5.56 Å². The average molecular weight is 372 g/mol. The van der Waals surface area contributed by atoms with Crippen molar-refractivity contribution < 1.29 is 4.74 Å². The first-order valence-corrected chi connectivity index (χ1v) is 9.94. The zero-order chi connectivity index (χ0) is 18.9. The van der Waals surface area contributed by atoms with Gasteiger partial charge in [0.05, 0.1) is 12.7 Å². The number of nitrogens with one attached hydrogen (secondary N) is 1. The van der Waals surface area contributed by atoms with Gasteiger partial charge in [-0.05, 0) is 12.6 Å². The van der Waals surface area contributed by atoms with Gasteiger partial charge in [-0.25, -0.2) is 0 Å².